The summed E-state index contributed by atoms with van der Waals surface area (Å²) in [6.07, 6.45) is 0. The molecule has 0 saturated heterocycles. The maximum atomic E-state index is 15.8. The van der Waals surface area contributed by atoms with Crippen LogP contribution in [0.25, 0.3) is 5.57 Å². The summed E-state index contributed by atoms with van der Waals surface area (Å²) in [4.78, 5) is 0. The molecule has 146 valence electrons. The van der Waals surface area contributed by atoms with Crippen molar-refractivity contribution in [1.82, 2.24) is 4.48 Å². The molecule has 0 amide bonds. The number of rotatable bonds is 1. The SMILES string of the molecule is CC1=C(C)C(C)=[N+]2C1=C(c1c(C)cc(C)cc1C)c1c(C)cc(C)n1[B-]2(F)F. The molecule has 28 heavy (non-hydrogen) atoms. The van der Waals surface area contributed by atoms with E-state index in [9.17, 15) is 0 Å². The third kappa shape index (κ3) is 2.22. The van der Waals surface area contributed by atoms with E-state index in [1.807, 2.05) is 33.8 Å². The molecule has 0 atom stereocenters. The predicted molar refractivity (Wildman–Crippen MR) is 113 cm³/mol. The molecule has 0 N–H and O–H groups in total. The molecule has 1 aromatic heterocycles. The fourth-order valence-corrected chi connectivity index (χ4v) is 5.25. The minimum absolute atomic E-state index is 0.603. The number of aryl methyl sites for hydroxylation is 5. The summed E-state index contributed by atoms with van der Waals surface area (Å²) in [7, 11) is 0. The van der Waals surface area contributed by atoms with Crippen LogP contribution in [0, 0.1) is 34.6 Å². The number of nitrogens with zero attached hydrogens (tertiary/aromatic N) is 2. The third-order valence-electron chi connectivity index (χ3n) is 6.50. The molecule has 0 spiro atoms. The van der Waals surface area contributed by atoms with Gasteiger partial charge in [-0.3, -0.25) is 0 Å². The van der Waals surface area contributed by atoms with Crippen LogP contribution < -0.4 is 0 Å². The van der Waals surface area contributed by atoms with Gasteiger partial charge >= 0.3 is 6.97 Å². The molecule has 0 aliphatic carbocycles. The van der Waals surface area contributed by atoms with Crippen molar-refractivity contribution < 1.29 is 13.1 Å². The fraction of sp³-hybridized carbons (Fsp3) is 0.348. The number of hydrogen-bond donors (Lipinski definition) is 0. The molecular weight excluding hydrogens is 353 g/mol. The Kier molecular flexibility index (Phi) is 3.91. The van der Waals surface area contributed by atoms with E-state index in [-0.39, 0.29) is 0 Å². The van der Waals surface area contributed by atoms with E-state index in [2.05, 4.69) is 32.9 Å². The largest absolute Gasteiger partial charge is 0.737 e. The van der Waals surface area contributed by atoms with Gasteiger partial charge in [0.15, 0.2) is 5.70 Å². The Morgan fingerprint density at radius 3 is 1.93 bits per heavy atom. The number of benzene rings is 1. The summed E-state index contributed by atoms with van der Waals surface area (Å²) >= 11 is 0. The van der Waals surface area contributed by atoms with Gasteiger partial charge in [0, 0.05) is 23.8 Å². The first-order chi connectivity index (χ1) is 13.0. The van der Waals surface area contributed by atoms with Crippen LogP contribution in [-0.2, 0) is 0 Å². The van der Waals surface area contributed by atoms with Gasteiger partial charge in [-0.15, -0.1) is 0 Å². The predicted octanol–water partition coefficient (Wildman–Crippen LogP) is 5.85. The topological polar surface area (TPSA) is 7.94 Å². The van der Waals surface area contributed by atoms with Crippen molar-refractivity contribution in [3.05, 3.63) is 74.2 Å². The average Bonchev–Trinajstić information content (AvgIpc) is 2.99. The molecule has 0 fully saturated rings. The van der Waals surface area contributed by atoms with Crippen molar-refractivity contribution in [2.45, 2.75) is 55.4 Å². The maximum absolute atomic E-state index is 15.8. The molecular formula is C23H27BF2N2. The molecule has 2 nitrogen and oxygen atoms in total. The Morgan fingerprint density at radius 2 is 1.36 bits per heavy atom. The number of allylic oxidation sites excluding steroid dienone is 2. The number of fused-ring (bicyclic) bond motifs is 2. The van der Waals surface area contributed by atoms with E-state index >= 15 is 8.63 Å². The summed E-state index contributed by atoms with van der Waals surface area (Å²) < 4.78 is 34.3. The van der Waals surface area contributed by atoms with Crippen molar-refractivity contribution in [2.75, 3.05) is 0 Å². The molecule has 4 rings (SSSR count). The number of hydrogen-bond acceptors (Lipinski definition) is 0. The molecule has 0 unspecified atom stereocenters. The second-order valence-corrected chi connectivity index (χ2v) is 8.48. The van der Waals surface area contributed by atoms with E-state index in [4.69, 9.17) is 0 Å². The van der Waals surface area contributed by atoms with Gasteiger partial charge in [0.1, 0.15) is 5.71 Å². The molecule has 1 aromatic carbocycles. The fourth-order valence-electron chi connectivity index (χ4n) is 5.25. The molecule has 2 aromatic rings. The third-order valence-corrected chi connectivity index (χ3v) is 6.50. The van der Waals surface area contributed by atoms with Gasteiger partial charge < -0.3 is 17.6 Å². The smallest absolute Gasteiger partial charge is 0.393 e. The van der Waals surface area contributed by atoms with Crippen molar-refractivity contribution in [3.8, 4) is 0 Å². The van der Waals surface area contributed by atoms with Crippen LogP contribution in [0.1, 0.15) is 60.0 Å². The molecule has 2 aliphatic heterocycles. The van der Waals surface area contributed by atoms with E-state index < -0.39 is 6.97 Å². The number of halogens is 2. The maximum Gasteiger partial charge on any atom is 0.737 e. The molecule has 0 bridgehead atoms. The summed E-state index contributed by atoms with van der Waals surface area (Å²) in [5, 5.41) is 0. The highest BCUT2D eigenvalue weighted by molar-refractivity contribution is 6.58. The summed E-state index contributed by atoms with van der Waals surface area (Å²) in [5.74, 6) is 0. The normalized spacial score (nSPS) is 18.2. The summed E-state index contributed by atoms with van der Waals surface area (Å²) in [6, 6.07) is 6.17. The van der Waals surface area contributed by atoms with Gasteiger partial charge in [0.2, 0.25) is 0 Å². The lowest BCUT2D eigenvalue weighted by Crippen LogP contribution is -2.51. The van der Waals surface area contributed by atoms with Gasteiger partial charge in [-0.1, -0.05) is 17.7 Å². The lowest BCUT2D eigenvalue weighted by Gasteiger charge is -2.34. The second kappa shape index (κ2) is 5.79. The highest BCUT2D eigenvalue weighted by atomic mass is 19.2. The second-order valence-electron chi connectivity index (χ2n) is 8.48. The van der Waals surface area contributed by atoms with E-state index in [1.165, 1.54) is 14.5 Å². The Hall–Kier alpha value is -2.43. The minimum atomic E-state index is -3.94. The van der Waals surface area contributed by atoms with Crippen molar-refractivity contribution in [1.29, 1.82) is 0 Å². The zero-order valence-corrected chi connectivity index (χ0v) is 18.0. The highest BCUT2D eigenvalue weighted by Gasteiger charge is 2.56. The lowest BCUT2D eigenvalue weighted by atomic mass is 9.81. The van der Waals surface area contributed by atoms with Crippen LogP contribution in [0.3, 0.4) is 0 Å². The Bertz CT molecular complexity index is 1140. The molecule has 0 saturated carbocycles. The Labute approximate surface area is 165 Å². The Balaban J connectivity index is 2.26. The zero-order chi connectivity index (χ0) is 20.7. The van der Waals surface area contributed by atoms with Gasteiger partial charge in [0.25, 0.3) is 0 Å². The Morgan fingerprint density at radius 1 is 0.786 bits per heavy atom. The van der Waals surface area contributed by atoms with Crippen LogP contribution in [0.4, 0.5) is 8.63 Å². The molecule has 3 heterocycles. The lowest BCUT2D eigenvalue weighted by molar-refractivity contribution is -0.363. The van der Waals surface area contributed by atoms with Crippen LogP contribution in [0.5, 0.6) is 0 Å². The van der Waals surface area contributed by atoms with Crippen molar-refractivity contribution in [3.63, 3.8) is 0 Å². The number of aromatic nitrogens is 1. The molecule has 5 heteroatoms. The van der Waals surface area contributed by atoms with Crippen molar-refractivity contribution >= 4 is 18.3 Å². The van der Waals surface area contributed by atoms with Crippen LogP contribution in [0.15, 0.2) is 35.0 Å². The van der Waals surface area contributed by atoms with Gasteiger partial charge in [-0.2, -0.15) is 0 Å². The van der Waals surface area contributed by atoms with Crippen LogP contribution in [0.2, 0.25) is 0 Å². The van der Waals surface area contributed by atoms with Gasteiger partial charge in [0.05, 0.1) is 5.57 Å². The van der Waals surface area contributed by atoms with Crippen LogP contribution in [-0.4, -0.2) is 21.6 Å². The van der Waals surface area contributed by atoms with E-state index in [0.717, 1.165) is 39.0 Å². The standard InChI is InChI=1S/C23H27BF2N2/c1-12-9-13(2)20(14(3)10-12)21-22-15(4)11-16(5)27(22)24(25,26)28-19(8)17(6)18(7)23(21)28/h9-11H,1-8H3. The zero-order valence-electron chi connectivity index (χ0n) is 18.0. The molecule has 0 radical (unpaired) electrons. The first-order valence-electron chi connectivity index (χ1n) is 9.83. The molecule has 2 aliphatic rings. The van der Waals surface area contributed by atoms with E-state index in [1.54, 1.807) is 6.92 Å². The average molecular weight is 380 g/mol. The van der Waals surface area contributed by atoms with Crippen LogP contribution >= 0.6 is 0 Å². The van der Waals surface area contributed by atoms with E-state index in [0.29, 0.717) is 22.8 Å². The summed E-state index contributed by atoms with van der Waals surface area (Å²) in [5.41, 5.74) is 10.8. The first kappa shape index (κ1) is 18.9. The minimum Gasteiger partial charge on any atom is -0.393 e. The quantitative estimate of drug-likeness (QED) is 0.549. The highest BCUT2D eigenvalue weighted by Crippen LogP contribution is 2.46. The first-order valence-corrected chi connectivity index (χ1v) is 9.83. The van der Waals surface area contributed by atoms with Gasteiger partial charge in [-0.05, 0) is 82.5 Å². The monoisotopic (exact) mass is 380 g/mol. The van der Waals surface area contributed by atoms with Gasteiger partial charge in [-0.25, -0.2) is 0 Å². The summed E-state index contributed by atoms with van der Waals surface area (Å²) in [6.45, 7) is 11.8. The van der Waals surface area contributed by atoms with Crippen molar-refractivity contribution in [2.24, 2.45) is 0 Å².